The number of rotatable bonds is 6. The molecule has 0 heterocycles. The number of hydrogen-bond donors (Lipinski definition) is 2. The Kier molecular flexibility index (Phi) is 5.73. The summed E-state index contributed by atoms with van der Waals surface area (Å²) in [6, 6.07) is 13.8. The van der Waals surface area contributed by atoms with Crippen molar-refractivity contribution in [1.29, 1.82) is 0 Å². The number of benzene rings is 2. The number of carbonyl (C=O) groups excluding carboxylic acids is 2. The van der Waals surface area contributed by atoms with Crippen LogP contribution in [-0.2, 0) is 16.0 Å². The third kappa shape index (κ3) is 4.46. The molecule has 2 aromatic carbocycles. The van der Waals surface area contributed by atoms with Crippen LogP contribution in [0.4, 0.5) is 5.69 Å². The molecule has 0 bridgehead atoms. The van der Waals surface area contributed by atoms with E-state index < -0.39 is 11.7 Å². The number of aliphatic hydroxyl groups is 1. The number of hydrogen-bond acceptors (Lipinski definition) is 4. The second kappa shape index (κ2) is 7.97. The van der Waals surface area contributed by atoms with Crippen molar-refractivity contribution in [2.24, 2.45) is 0 Å². The van der Waals surface area contributed by atoms with Crippen molar-refractivity contribution in [3.63, 3.8) is 0 Å². The fourth-order valence-corrected chi connectivity index (χ4v) is 2.07. The average molecular weight is 325 g/mol. The molecule has 0 unspecified atom stereocenters. The first-order valence-corrected chi connectivity index (χ1v) is 7.52. The number of amides is 1. The van der Waals surface area contributed by atoms with Crippen LogP contribution in [0.1, 0.15) is 18.1 Å². The van der Waals surface area contributed by atoms with Crippen LogP contribution in [0.5, 0.6) is 5.75 Å². The van der Waals surface area contributed by atoms with Crippen LogP contribution >= 0.6 is 0 Å². The summed E-state index contributed by atoms with van der Waals surface area (Å²) in [4.78, 5) is 23.8. The molecule has 124 valence electrons. The van der Waals surface area contributed by atoms with E-state index in [2.05, 4.69) is 5.32 Å². The van der Waals surface area contributed by atoms with Crippen LogP contribution in [0.2, 0.25) is 0 Å². The Morgan fingerprint density at radius 2 is 1.88 bits per heavy atom. The van der Waals surface area contributed by atoms with Gasteiger partial charge in [0.1, 0.15) is 11.5 Å². The molecule has 0 saturated carbocycles. The molecule has 0 atom stereocenters. The van der Waals surface area contributed by atoms with Gasteiger partial charge in [-0.1, -0.05) is 31.2 Å². The SMILES string of the molecule is CCc1ccc(NC(=O)C(=O)/C=C(\O)c2cccc(OC)c2)cc1. The minimum absolute atomic E-state index is 0.296. The topological polar surface area (TPSA) is 75.6 Å². The smallest absolute Gasteiger partial charge is 0.296 e. The van der Waals surface area contributed by atoms with E-state index in [9.17, 15) is 14.7 Å². The van der Waals surface area contributed by atoms with Crippen molar-refractivity contribution in [3.8, 4) is 5.75 Å². The van der Waals surface area contributed by atoms with E-state index in [0.29, 0.717) is 17.0 Å². The molecule has 2 N–H and O–H groups in total. The number of ketones is 1. The molecule has 0 saturated heterocycles. The van der Waals surface area contributed by atoms with Crippen molar-refractivity contribution in [1.82, 2.24) is 0 Å². The summed E-state index contributed by atoms with van der Waals surface area (Å²) >= 11 is 0. The van der Waals surface area contributed by atoms with Crippen LogP contribution in [0, 0.1) is 0 Å². The van der Waals surface area contributed by atoms with Crippen LogP contribution in [0.25, 0.3) is 5.76 Å². The van der Waals surface area contributed by atoms with Gasteiger partial charge in [0, 0.05) is 17.3 Å². The summed E-state index contributed by atoms with van der Waals surface area (Å²) in [7, 11) is 1.50. The molecule has 1 amide bonds. The van der Waals surface area contributed by atoms with Crippen LogP contribution in [0.3, 0.4) is 0 Å². The lowest BCUT2D eigenvalue weighted by Crippen LogP contribution is -2.21. The molecule has 24 heavy (non-hydrogen) atoms. The zero-order valence-electron chi connectivity index (χ0n) is 13.6. The second-order valence-corrected chi connectivity index (χ2v) is 5.13. The van der Waals surface area contributed by atoms with Gasteiger partial charge in [0.05, 0.1) is 7.11 Å². The molecular weight excluding hydrogens is 306 g/mol. The molecule has 2 aromatic rings. The van der Waals surface area contributed by atoms with E-state index in [1.807, 2.05) is 19.1 Å². The summed E-state index contributed by atoms with van der Waals surface area (Å²) < 4.78 is 5.05. The second-order valence-electron chi connectivity index (χ2n) is 5.13. The van der Waals surface area contributed by atoms with E-state index >= 15 is 0 Å². The molecule has 5 heteroatoms. The Labute approximate surface area is 140 Å². The fourth-order valence-electron chi connectivity index (χ4n) is 2.07. The normalized spacial score (nSPS) is 11.0. The number of anilines is 1. The summed E-state index contributed by atoms with van der Waals surface area (Å²) in [5, 5.41) is 12.5. The Morgan fingerprint density at radius 3 is 2.50 bits per heavy atom. The number of methoxy groups -OCH3 is 1. The minimum atomic E-state index is -0.838. The first kappa shape index (κ1) is 17.3. The molecule has 0 radical (unpaired) electrons. The summed E-state index contributed by atoms with van der Waals surface area (Å²) in [5.74, 6) is -1.40. The number of aryl methyl sites for hydroxylation is 1. The first-order chi connectivity index (χ1) is 11.5. The van der Waals surface area contributed by atoms with Gasteiger partial charge in [-0.2, -0.15) is 0 Å². The molecular formula is C19H19NO4. The maximum absolute atomic E-state index is 11.9. The van der Waals surface area contributed by atoms with Crippen molar-refractivity contribution >= 4 is 23.1 Å². The van der Waals surface area contributed by atoms with Gasteiger partial charge < -0.3 is 15.2 Å². The van der Waals surface area contributed by atoms with E-state index in [0.717, 1.165) is 18.1 Å². The fraction of sp³-hybridized carbons (Fsp3) is 0.158. The lowest BCUT2D eigenvalue weighted by atomic mass is 10.1. The third-order valence-electron chi connectivity index (χ3n) is 3.48. The Balaban J connectivity index is 2.07. The number of ether oxygens (including phenoxy) is 1. The van der Waals surface area contributed by atoms with Gasteiger partial charge in [0.15, 0.2) is 0 Å². The van der Waals surface area contributed by atoms with Crippen molar-refractivity contribution in [2.45, 2.75) is 13.3 Å². The predicted molar refractivity (Wildman–Crippen MR) is 93.1 cm³/mol. The zero-order valence-corrected chi connectivity index (χ0v) is 13.6. The van der Waals surface area contributed by atoms with Gasteiger partial charge in [0.25, 0.3) is 5.91 Å². The van der Waals surface area contributed by atoms with Gasteiger partial charge >= 0.3 is 0 Å². The van der Waals surface area contributed by atoms with Gasteiger partial charge in [-0.05, 0) is 36.2 Å². The molecule has 0 spiro atoms. The van der Waals surface area contributed by atoms with Crippen molar-refractivity contribution < 1.29 is 19.4 Å². The molecule has 0 aliphatic heterocycles. The minimum Gasteiger partial charge on any atom is -0.507 e. The number of aliphatic hydroxyl groups excluding tert-OH is 1. The Bertz CT molecular complexity index is 763. The molecule has 0 aromatic heterocycles. The van der Waals surface area contributed by atoms with Gasteiger partial charge in [-0.15, -0.1) is 0 Å². The zero-order chi connectivity index (χ0) is 17.5. The Morgan fingerprint density at radius 1 is 1.17 bits per heavy atom. The molecule has 0 aliphatic rings. The summed E-state index contributed by atoms with van der Waals surface area (Å²) in [6.45, 7) is 2.03. The maximum atomic E-state index is 11.9. The lowest BCUT2D eigenvalue weighted by Gasteiger charge is -2.05. The largest absolute Gasteiger partial charge is 0.507 e. The van der Waals surface area contributed by atoms with Crippen LogP contribution < -0.4 is 10.1 Å². The standard InChI is InChI=1S/C19H19NO4/c1-3-13-7-9-15(10-8-13)20-19(23)18(22)12-17(21)14-5-4-6-16(11-14)24-2/h4-12,21H,3H2,1-2H3,(H,20,23)/b17-12-. The molecule has 2 rings (SSSR count). The van der Waals surface area contributed by atoms with Crippen LogP contribution in [-0.4, -0.2) is 23.9 Å². The highest BCUT2D eigenvalue weighted by molar-refractivity contribution is 6.45. The van der Waals surface area contributed by atoms with Crippen molar-refractivity contribution in [2.75, 3.05) is 12.4 Å². The van der Waals surface area contributed by atoms with Gasteiger partial charge in [-0.3, -0.25) is 9.59 Å². The quantitative estimate of drug-likeness (QED) is 0.485. The van der Waals surface area contributed by atoms with E-state index in [1.54, 1.807) is 36.4 Å². The molecule has 0 aliphatic carbocycles. The summed E-state index contributed by atoms with van der Waals surface area (Å²) in [6.07, 6.45) is 1.79. The Hall–Kier alpha value is -3.08. The highest BCUT2D eigenvalue weighted by Crippen LogP contribution is 2.18. The van der Waals surface area contributed by atoms with Crippen molar-refractivity contribution in [3.05, 3.63) is 65.7 Å². The average Bonchev–Trinajstić information content (AvgIpc) is 2.62. The van der Waals surface area contributed by atoms with E-state index in [-0.39, 0.29) is 5.76 Å². The third-order valence-corrected chi connectivity index (χ3v) is 3.48. The van der Waals surface area contributed by atoms with E-state index in [1.165, 1.54) is 7.11 Å². The van der Waals surface area contributed by atoms with Crippen LogP contribution in [0.15, 0.2) is 54.6 Å². The molecule has 0 fully saturated rings. The first-order valence-electron chi connectivity index (χ1n) is 7.52. The highest BCUT2D eigenvalue weighted by atomic mass is 16.5. The number of nitrogens with one attached hydrogen (secondary N) is 1. The number of carbonyl (C=O) groups is 2. The monoisotopic (exact) mass is 325 g/mol. The predicted octanol–water partition coefficient (Wildman–Crippen LogP) is 3.36. The van der Waals surface area contributed by atoms with Gasteiger partial charge in [0.2, 0.25) is 5.78 Å². The lowest BCUT2D eigenvalue weighted by molar-refractivity contribution is -0.131. The maximum Gasteiger partial charge on any atom is 0.296 e. The summed E-state index contributed by atoms with van der Waals surface area (Å²) in [5.41, 5.74) is 2.05. The van der Waals surface area contributed by atoms with E-state index in [4.69, 9.17) is 4.74 Å². The van der Waals surface area contributed by atoms with Gasteiger partial charge in [-0.25, -0.2) is 0 Å². The highest BCUT2D eigenvalue weighted by Gasteiger charge is 2.13. The molecule has 5 nitrogen and oxygen atoms in total.